The monoisotopic (exact) mass is 286 g/mol. The standard InChI is InChI=1S/C19H23Cl/c1-14-12-13-15-8-6-7-11-17(15)18(14)19(20)16-9-4-2-3-5-10-16/h6-8,11-13,16,19H,2-5,9-10H2,1H3. The average Bonchev–Trinajstić information content (AvgIpc) is 2.75. The van der Waals surface area contributed by atoms with Gasteiger partial charge in [-0.2, -0.15) is 0 Å². The van der Waals surface area contributed by atoms with E-state index in [-0.39, 0.29) is 5.38 Å². The van der Waals surface area contributed by atoms with Crippen molar-refractivity contribution < 1.29 is 0 Å². The molecule has 1 heteroatoms. The smallest absolute Gasteiger partial charge is 0.0622 e. The zero-order valence-corrected chi connectivity index (χ0v) is 13.0. The molecular weight excluding hydrogens is 264 g/mol. The van der Waals surface area contributed by atoms with E-state index in [1.807, 2.05) is 0 Å². The largest absolute Gasteiger partial charge is 0.117 e. The molecule has 20 heavy (non-hydrogen) atoms. The molecule has 2 aromatic carbocycles. The number of halogens is 1. The van der Waals surface area contributed by atoms with Gasteiger partial charge in [-0.3, -0.25) is 0 Å². The summed E-state index contributed by atoms with van der Waals surface area (Å²) in [5, 5.41) is 2.82. The zero-order chi connectivity index (χ0) is 13.9. The van der Waals surface area contributed by atoms with E-state index < -0.39 is 0 Å². The number of alkyl halides is 1. The number of hydrogen-bond donors (Lipinski definition) is 0. The van der Waals surface area contributed by atoms with E-state index in [2.05, 4.69) is 43.3 Å². The molecule has 0 aliphatic heterocycles. The molecule has 0 aromatic heterocycles. The van der Waals surface area contributed by atoms with Gasteiger partial charge in [0.1, 0.15) is 0 Å². The molecule has 1 aliphatic carbocycles. The van der Waals surface area contributed by atoms with Crippen molar-refractivity contribution in [2.45, 2.75) is 50.8 Å². The molecule has 0 bridgehead atoms. The van der Waals surface area contributed by atoms with Crippen molar-refractivity contribution in [1.82, 2.24) is 0 Å². The molecule has 0 radical (unpaired) electrons. The summed E-state index contributed by atoms with van der Waals surface area (Å²) < 4.78 is 0. The zero-order valence-electron chi connectivity index (χ0n) is 12.2. The van der Waals surface area contributed by atoms with E-state index in [0.717, 1.165) is 0 Å². The maximum atomic E-state index is 6.94. The Hall–Kier alpha value is -1.01. The van der Waals surface area contributed by atoms with Gasteiger partial charge in [0.25, 0.3) is 0 Å². The Bertz CT molecular complexity index is 579. The van der Waals surface area contributed by atoms with E-state index in [1.165, 1.54) is 60.4 Å². The van der Waals surface area contributed by atoms with Crippen molar-refractivity contribution in [2.24, 2.45) is 5.92 Å². The van der Waals surface area contributed by atoms with Crippen LogP contribution in [0.3, 0.4) is 0 Å². The Morgan fingerprint density at radius 1 is 0.950 bits per heavy atom. The third kappa shape index (κ3) is 2.72. The Morgan fingerprint density at radius 3 is 2.40 bits per heavy atom. The summed E-state index contributed by atoms with van der Waals surface area (Å²) in [7, 11) is 0. The first-order chi connectivity index (χ1) is 9.77. The lowest BCUT2D eigenvalue weighted by molar-refractivity contribution is 0.445. The highest BCUT2D eigenvalue weighted by atomic mass is 35.5. The van der Waals surface area contributed by atoms with Crippen LogP contribution in [-0.4, -0.2) is 0 Å². The lowest BCUT2D eigenvalue weighted by Gasteiger charge is -2.24. The first kappa shape index (κ1) is 13.9. The molecular formula is C19H23Cl. The predicted octanol–water partition coefficient (Wildman–Crippen LogP) is 6.40. The molecule has 1 unspecified atom stereocenters. The van der Waals surface area contributed by atoms with Gasteiger partial charge in [-0.25, -0.2) is 0 Å². The molecule has 0 amide bonds. The number of aryl methyl sites for hydroxylation is 1. The molecule has 0 spiro atoms. The summed E-state index contributed by atoms with van der Waals surface area (Å²) >= 11 is 6.94. The molecule has 0 N–H and O–H groups in total. The van der Waals surface area contributed by atoms with Crippen LogP contribution in [0.5, 0.6) is 0 Å². The van der Waals surface area contributed by atoms with Gasteiger partial charge >= 0.3 is 0 Å². The van der Waals surface area contributed by atoms with Crippen LogP contribution < -0.4 is 0 Å². The second kappa shape index (κ2) is 6.18. The van der Waals surface area contributed by atoms with Gasteiger partial charge in [-0.15, -0.1) is 11.6 Å². The number of rotatable bonds is 2. The third-order valence-corrected chi connectivity index (χ3v) is 5.35. The van der Waals surface area contributed by atoms with Crippen molar-refractivity contribution in [2.75, 3.05) is 0 Å². The van der Waals surface area contributed by atoms with Crippen LogP contribution in [-0.2, 0) is 0 Å². The van der Waals surface area contributed by atoms with Crippen LogP contribution in [0.4, 0.5) is 0 Å². The lowest BCUT2D eigenvalue weighted by Crippen LogP contribution is -2.09. The average molecular weight is 287 g/mol. The van der Waals surface area contributed by atoms with Gasteiger partial charge in [0, 0.05) is 0 Å². The second-order valence-corrected chi connectivity index (χ2v) is 6.64. The van der Waals surface area contributed by atoms with Gasteiger partial charge in [0.2, 0.25) is 0 Å². The molecule has 0 heterocycles. The van der Waals surface area contributed by atoms with E-state index in [4.69, 9.17) is 11.6 Å². The van der Waals surface area contributed by atoms with Gasteiger partial charge < -0.3 is 0 Å². The predicted molar refractivity (Wildman–Crippen MR) is 88.5 cm³/mol. The van der Waals surface area contributed by atoms with Crippen LogP contribution in [0, 0.1) is 12.8 Å². The van der Waals surface area contributed by atoms with Crippen molar-refractivity contribution in [3.8, 4) is 0 Å². The summed E-state index contributed by atoms with van der Waals surface area (Å²) in [5.74, 6) is 0.642. The molecule has 1 aliphatic rings. The minimum atomic E-state index is 0.166. The summed E-state index contributed by atoms with van der Waals surface area (Å²) in [6.07, 6.45) is 8.03. The van der Waals surface area contributed by atoms with E-state index >= 15 is 0 Å². The molecule has 1 fully saturated rings. The van der Waals surface area contributed by atoms with Crippen molar-refractivity contribution in [3.63, 3.8) is 0 Å². The van der Waals surface area contributed by atoms with E-state index in [1.54, 1.807) is 0 Å². The fourth-order valence-corrected chi connectivity index (χ4v) is 4.15. The van der Waals surface area contributed by atoms with Gasteiger partial charge in [0.05, 0.1) is 5.38 Å². The first-order valence-corrected chi connectivity index (χ1v) is 8.33. The Labute approximate surface area is 127 Å². The SMILES string of the molecule is Cc1ccc2ccccc2c1C(Cl)C1CCCCCC1. The Kier molecular flexibility index (Phi) is 4.31. The number of fused-ring (bicyclic) bond motifs is 1. The van der Waals surface area contributed by atoms with Crippen LogP contribution in [0.15, 0.2) is 36.4 Å². The molecule has 1 saturated carbocycles. The highest BCUT2D eigenvalue weighted by Crippen LogP contribution is 2.41. The number of hydrogen-bond acceptors (Lipinski definition) is 0. The minimum absolute atomic E-state index is 0.166. The molecule has 2 aromatic rings. The molecule has 0 nitrogen and oxygen atoms in total. The van der Waals surface area contributed by atoms with E-state index in [9.17, 15) is 0 Å². The summed E-state index contributed by atoms with van der Waals surface area (Å²) in [4.78, 5) is 0. The van der Waals surface area contributed by atoms with Crippen molar-refractivity contribution in [1.29, 1.82) is 0 Å². The molecule has 106 valence electrons. The Balaban J connectivity index is 2.01. The van der Waals surface area contributed by atoms with Crippen LogP contribution in [0.25, 0.3) is 10.8 Å². The quantitative estimate of drug-likeness (QED) is 0.443. The topological polar surface area (TPSA) is 0 Å². The van der Waals surface area contributed by atoms with Crippen molar-refractivity contribution in [3.05, 3.63) is 47.5 Å². The summed E-state index contributed by atoms with van der Waals surface area (Å²) in [5.41, 5.74) is 2.71. The first-order valence-electron chi connectivity index (χ1n) is 7.89. The van der Waals surface area contributed by atoms with E-state index in [0.29, 0.717) is 5.92 Å². The van der Waals surface area contributed by atoms with Crippen LogP contribution in [0.2, 0.25) is 0 Å². The maximum Gasteiger partial charge on any atom is 0.0622 e. The van der Waals surface area contributed by atoms with Gasteiger partial charge in [0.15, 0.2) is 0 Å². The Morgan fingerprint density at radius 2 is 1.65 bits per heavy atom. The van der Waals surface area contributed by atoms with Gasteiger partial charge in [-0.05, 0) is 47.6 Å². The lowest BCUT2D eigenvalue weighted by atomic mass is 9.87. The molecule has 0 saturated heterocycles. The molecule has 3 rings (SSSR count). The number of benzene rings is 2. The fourth-order valence-electron chi connectivity index (χ4n) is 3.61. The third-order valence-electron chi connectivity index (χ3n) is 4.78. The normalized spacial score (nSPS) is 18.9. The molecule has 1 atom stereocenters. The second-order valence-electron chi connectivity index (χ2n) is 6.17. The van der Waals surface area contributed by atoms with Crippen LogP contribution >= 0.6 is 11.6 Å². The van der Waals surface area contributed by atoms with Gasteiger partial charge in [-0.1, -0.05) is 62.1 Å². The fraction of sp³-hybridized carbons (Fsp3) is 0.474. The maximum absolute atomic E-state index is 6.94. The highest BCUT2D eigenvalue weighted by Gasteiger charge is 2.24. The minimum Gasteiger partial charge on any atom is -0.117 e. The highest BCUT2D eigenvalue weighted by molar-refractivity contribution is 6.22. The van der Waals surface area contributed by atoms with Crippen molar-refractivity contribution >= 4 is 22.4 Å². The summed E-state index contributed by atoms with van der Waals surface area (Å²) in [6.45, 7) is 2.20. The van der Waals surface area contributed by atoms with Crippen LogP contribution in [0.1, 0.15) is 55.0 Å². The summed E-state index contributed by atoms with van der Waals surface area (Å²) in [6, 6.07) is 13.1.